The van der Waals surface area contributed by atoms with Crippen molar-refractivity contribution in [2.75, 3.05) is 6.54 Å². The molecule has 0 aromatic carbocycles. The van der Waals surface area contributed by atoms with E-state index in [0.29, 0.717) is 6.04 Å². The van der Waals surface area contributed by atoms with E-state index in [1.54, 1.807) is 0 Å². The monoisotopic (exact) mass is 139 g/mol. The summed E-state index contributed by atoms with van der Waals surface area (Å²) in [5, 5.41) is 7.02. The first-order valence-corrected chi connectivity index (χ1v) is 3.46. The van der Waals surface area contributed by atoms with Gasteiger partial charge in [0, 0.05) is 0 Å². The molecule has 1 aromatic heterocycles. The highest BCUT2D eigenvalue weighted by atomic mass is 16.5. The molecule has 1 fully saturated rings. The van der Waals surface area contributed by atoms with Gasteiger partial charge in [0.25, 0.3) is 0 Å². The standard InChI is InChI=1S/C6H9N3O/c1-2-5(7-3-1)6-8-4-10-9-6/h4-5,7H,1-3H2/t5-/m1/s1. The molecule has 0 amide bonds. The summed E-state index contributed by atoms with van der Waals surface area (Å²) in [4.78, 5) is 3.96. The molecule has 2 rings (SSSR count). The van der Waals surface area contributed by atoms with Gasteiger partial charge in [0.15, 0.2) is 5.82 Å². The zero-order valence-electron chi connectivity index (χ0n) is 5.58. The molecule has 0 aliphatic carbocycles. The topological polar surface area (TPSA) is 51.0 Å². The molecule has 1 atom stereocenters. The number of nitrogens with zero attached hydrogens (tertiary/aromatic N) is 2. The van der Waals surface area contributed by atoms with Crippen LogP contribution in [0.3, 0.4) is 0 Å². The van der Waals surface area contributed by atoms with Crippen molar-refractivity contribution >= 4 is 0 Å². The third kappa shape index (κ3) is 0.903. The molecule has 54 valence electrons. The molecule has 1 N–H and O–H groups in total. The zero-order valence-corrected chi connectivity index (χ0v) is 5.58. The Kier molecular flexibility index (Phi) is 1.39. The lowest BCUT2D eigenvalue weighted by Crippen LogP contribution is -2.13. The van der Waals surface area contributed by atoms with Gasteiger partial charge < -0.3 is 9.84 Å². The van der Waals surface area contributed by atoms with Gasteiger partial charge in [-0.25, -0.2) is 0 Å². The van der Waals surface area contributed by atoms with Crippen molar-refractivity contribution in [2.24, 2.45) is 0 Å². The Labute approximate surface area is 58.6 Å². The number of hydrogen-bond donors (Lipinski definition) is 1. The van der Waals surface area contributed by atoms with E-state index < -0.39 is 0 Å². The lowest BCUT2D eigenvalue weighted by Gasteiger charge is -2.01. The maximum atomic E-state index is 4.63. The molecule has 0 saturated carbocycles. The van der Waals surface area contributed by atoms with E-state index in [4.69, 9.17) is 0 Å². The van der Waals surface area contributed by atoms with Crippen LogP contribution >= 0.6 is 0 Å². The Morgan fingerprint density at radius 1 is 1.70 bits per heavy atom. The first kappa shape index (κ1) is 5.85. The molecule has 1 aromatic rings. The van der Waals surface area contributed by atoms with Crippen LogP contribution < -0.4 is 5.32 Å². The van der Waals surface area contributed by atoms with Gasteiger partial charge in [-0.15, -0.1) is 0 Å². The lowest BCUT2D eigenvalue weighted by molar-refractivity contribution is 0.401. The average Bonchev–Trinajstić information content (AvgIpc) is 2.59. The molecule has 0 unspecified atom stereocenters. The third-order valence-corrected chi connectivity index (χ3v) is 1.75. The van der Waals surface area contributed by atoms with E-state index in [1.807, 2.05) is 0 Å². The summed E-state index contributed by atoms with van der Waals surface area (Å²) < 4.78 is 4.63. The molecular weight excluding hydrogens is 130 g/mol. The van der Waals surface area contributed by atoms with Crippen LogP contribution in [-0.4, -0.2) is 16.7 Å². The molecule has 0 spiro atoms. The minimum Gasteiger partial charge on any atom is -0.343 e. The molecule has 4 heteroatoms. The van der Waals surface area contributed by atoms with Crippen LogP contribution in [0.5, 0.6) is 0 Å². The summed E-state index contributed by atoms with van der Waals surface area (Å²) in [6.45, 7) is 1.07. The summed E-state index contributed by atoms with van der Waals surface area (Å²) >= 11 is 0. The van der Waals surface area contributed by atoms with E-state index in [2.05, 4.69) is 20.0 Å². The Hall–Kier alpha value is -0.900. The van der Waals surface area contributed by atoms with Crippen molar-refractivity contribution in [3.05, 3.63) is 12.2 Å². The zero-order chi connectivity index (χ0) is 6.81. The van der Waals surface area contributed by atoms with Gasteiger partial charge >= 0.3 is 0 Å². The predicted molar refractivity (Wildman–Crippen MR) is 34.3 cm³/mol. The lowest BCUT2D eigenvalue weighted by atomic mass is 10.2. The van der Waals surface area contributed by atoms with E-state index in [1.165, 1.54) is 12.8 Å². The second-order valence-corrected chi connectivity index (χ2v) is 2.44. The maximum absolute atomic E-state index is 4.63. The summed E-state index contributed by atoms with van der Waals surface area (Å²) in [6.07, 6.45) is 3.70. The Bertz CT molecular complexity index is 191. The highest BCUT2D eigenvalue weighted by molar-refractivity contribution is 4.92. The fourth-order valence-electron chi connectivity index (χ4n) is 1.24. The van der Waals surface area contributed by atoms with E-state index >= 15 is 0 Å². The van der Waals surface area contributed by atoms with E-state index in [0.717, 1.165) is 18.8 Å². The van der Waals surface area contributed by atoms with Gasteiger partial charge in [-0.05, 0) is 19.4 Å². The second-order valence-electron chi connectivity index (χ2n) is 2.44. The SMILES string of the molecule is c1nc([C@H]2CCCN2)no1. The van der Waals surface area contributed by atoms with Gasteiger partial charge in [0.2, 0.25) is 6.39 Å². The third-order valence-electron chi connectivity index (χ3n) is 1.75. The van der Waals surface area contributed by atoms with Gasteiger partial charge in [-0.1, -0.05) is 5.16 Å². The first-order valence-electron chi connectivity index (χ1n) is 3.46. The van der Waals surface area contributed by atoms with Crippen LogP contribution in [-0.2, 0) is 0 Å². The molecule has 10 heavy (non-hydrogen) atoms. The molecule has 0 bridgehead atoms. The summed E-state index contributed by atoms with van der Waals surface area (Å²) in [5.41, 5.74) is 0. The minimum absolute atomic E-state index is 0.332. The largest absolute Gasteiger partial charge is 0.343 e. The van der Waals surface area contributed by atoms with Crippen molar-refractivity contribution in [2.45, 2.75) is 18.9 Å². The second kappa shape index (κ2) is 2.38. The maximum Gasteiger partial charge on any atom is 0.213 e. The molecular formula is C6H9N3O. The van der Waals surface area contributed by atoms with Crippen molar-refractivity contribution in [3.8, 4) is 0 Å². The smallest absolute Gasteiger partial charge is 0.213 e. The van der Waals surface area contributed by atoms with Crippen molar-refractivity contribution < 1.29 is 4.52 Å². The number of rotatable bonds is 1. The van der Waals surface area contributed by atoms with Gasteiger partial charge in [0.1, 0.15) is 0 Å². The first-order chi connectivity index (χ1) is 4.97. The fourth-order valence-corrected chi connectivity index (χ4v) is 1.24. The Morgan fingerprint density at radius 2 is 2.70 bits per heavy atom. The molecule has 1 aliphatic rings. The van der Waals surface area contributed by atoms with Gasteiger partial charge in [0.05, 0.1) is 6.04 Å². The minimum atomic E-state index is 0.332. The van der Waals surface area contributed by atoms with Crippen LogP contribution in [0.1, 0.15) is 24.7 Å². The number of hydrogen-bond acceptors (Lipinski definition) is 4. The fraction of sp³-hybridized carbons (Fsp3) is 0.667. The molecule has 1 aliphatic heterocycles. The quantitative estimate of drug-likeness (QED) is 0.615. The highest BCUT2D eigenvalue weighted by Gasteiger charge is 2.19. The summed E-state index contributed by atoms with van der Waals surface area (Å²) in [7, 11) is 0. The van der Waals surface area contributed by atoms with Crippen LogP contribution in [0, 0.1) is 0 Å². The van der Waals surface area contributed by atoms with Crippen LogP contribution in [0.4, 0.5) is 0 Å². The summed E-state index contributed by atoms with van der Waals surface area (Å²) in [6, 6.07) is 0.332. The van der Waals surface area contributed by atoms with Crippen LogP contribution in [0.25, 0.3) is 0 Å². The molecule has 4 nitrogen and oxygen atoms in total. The number of aromatic nitrogens is 2. The summed E-state index contributed by atoms with van der Waals surface area (Å²) in [5.74, 6) is 0.789. The predicted octanol–water partition coefficient (Wildman–Crippen LogP) is 0.494. The van der Waals surface area contributed by atoms with Gasteiger partial charge in [-0.3, -0.25) is 0 Å². The van der Waals surface area contributed by atoms with Crippen molar-refractivity contribution in [1.82, 2.24) is 15.5 Å². The van der Waals surface area contributed by atoms with E-state index in [-0.39, 0.29) is 0 Å². The molecule has 0 radical (unpaired) electrons. The van der Waals surface area contributed by atoms with E-state index in [9.17, 15) is 0 Å². The highest BCUT2D eigenvalue weighted by Crippen LogP contribution is 2.18. The average molecular weight is 139 g/mol. The molecule has 2 heterocycles. The van der Waals surface area contributed by atoms with Crippen LogP contribution in [0.2, 0.25) is 0 Å². The van der Waals surface area contributed by atoms with Crippen LogP contribution in [0.15, 0.2) is 10.9 Å². The Morgan fingerprint density at radius 3 is 3.30 bits per heavy atom. The Balaban J connectivity index is 2.12. The van der Waals surface area contributed by atoms with Crippen molar-refractivity contribution in [3.63, 3.8) is 0 Å². The number of nitrogens with one attached hydrogen (secondary N) is 1. The van der Waals surface area contributed by atoms with Gasteiger partial charge in [-0.2, -0.15) is 4.98 Å². The van der Waals surface area contributed by atoms with Crippen molar-refractivity contribution in [1.29, 1.82) is 0 Å². The normalized spacial score (nSPS) is 25.4. The molecule has 1 saturated heterocycles.